The van der Waals surface area contributed by atoms with Crippen LogP contribution in [-0.2, 0) is 14.6 Å². The molecule has 0 aromatic heterocycles. The van der Waals surface area contributed by atoms with E-state index in [0.717, 1.165) is 0 Å². The summed E-state index contributed by atoms with van der Waals surface area (Å²) in [5.74, 6) is -0.119. The first-order chi connectivity index (χ1) is 9.49. The topological polar surface area (TPSA) is 63.2 Å². The summed E-state index contributed by atoms with van der Waals surface area (Å²) in [6.07, 6.45) is 0. The number of β-lactam (4-membered cyclic amide) rings is 1. The molecule has 1 aromatic rings. The fraction of sp³-hybridized carbons (Fsp3) is 0.533. The Kier molecular flexibility index (Phi) is 3.83. The summed E-state index contributed by atoms with van der Waals surface area (Å²) >= 11 is 0. The lowest BCUT2D eigenvalue weighted by Crippen LogP contribution is -2.67. The van der Waals surface area contributed by atoms with Gasteiger partial charge in [0.1, 0.15) is 5.37 Å². The molecule has 0 bridgehead atoms. The first kappa shape index (κ1) is 16.2. The van der Waals surface area contributed by atoms with Crippen molar-refractivity contribution in [3.8, 4) is 0 Å². The van der Waals surface area contributed by atoms with Gasteiger partial charge in [-0.25, -0.2) is 8.42 Å². The average Bonchev–Trinajstić information content (AvgIpc) is 2.34. The maximum atomic E-state index is 12.8. The molecule has 1 aliphatic rings. The lowest BCUT2D eigenvalue weighted by molar-refractivity contribution is -0.126. The van der Waals surface area contributed by atoms with Gasteiger partial charge in [0, 0.05) is 0 Å². The van der Waals surface area contributed by atoms with Crippen molar-refractivity contribution in [2.24, 2.45) is 0 Å². The van der Waals surface area contributed by atoms with Gasteiger partial charge in [0.05, 0.1) is 18.5 Å². The largest absolute Gasteiger partial charge is 0.339 e. The van der Waals surface area contributed by atoms with Crippen LogP contribution in [0.25, 0.3) is 0 Å². The van der Waals surface area contributed by atoms with E-state index in [-0.39, 0.29) is 15.8 Å². The molecule has 0 aliphatic carbocycles. The van der Waals surface area contributed by atoms with Gasteiger partial charge in [-0.3, -0.25) is 4.79 Å². The van der Waals surface area contributed by atoms with Crippen molar-refractivity contribution in [2.45, 2.75) is 54.7 Å². The van der Waals surface area contributed by atoms with Crippen molar-refractivity contribution in [2.75, 3.05) is 0 Å². The van der Waals surface area contributed by atoms with Crippen LogP contribution in [0.1, 0.15) is 20.8 Å². The summed E-state index contributed by atoms with van der Waals surface area (Å²) < 4.78 is 25.5. The maximum Gasteiger partial charge on any atom is 0.224 e. The Morgan fingerprint density at radius 1 is 1.10 bits per heavy atom. The van der Waals surface area contributed by atoms with Crippen molar-refractivity contribution in [1.82, 2.24) is 5.32 Å². The number of carbonyl (C=O) groups excluding carboxylic acids is 1. The molecule has 0 spiro atoms. The highest BCUT2D eigenvalue weighted by molar-refractivity contribution is 7.92. The molecule has 0 saturated carbocycles. The molecule has 2 rings (SSSR count). The first-order valence-electron chi connectivity index (χ1n) is 7.09. The highest BCUT2D eigenvalue weighted by Crippen LogP contribution is 2.49. The second-order valence-corrected chi connectivity index (χ2v) is 14.9. The monoisotopic (exact) mass is 325 g/mol. The predicted molar refractivity (Wildman–Crippen MR) is 86.5 cm³/mol. The lowest BCUT2D eigenvalue weighted by atomic mass is 10.2. The molecule has 2 atom stereocenters. The molecule has 1 aromatic carbocycles. The molecule has 1 saturated heterocycles. The van der Waals surface area contributed by atoms with Crippen molar-refractivity contribution < 1.29 is 13.2 Å². The zero-order valence-corrected chi connectivity index (χ0v) is 15.0. The van der Waals surface area contributed by atoms with Gasteiger partial charge in [0.25, 0.3) is 0 Å². The molecule has 116 valence electrons. The van der Waals surface area contributed by atoms with Gasteiger partial charge >= 0.3 is 0 Å². The van der Waals surface area contributed by atoms with Crippen LogP contribution in [0.4, 0.5) is 0 Å². The van der Waals surface area contributed by atoms with E-state index in [0.29, 0.717) is 0 Å². The van der Waals surface area contributed by atoms with E-state index in [1.165, 1.54) is 0 Å². The van der Waals surface area contributed by atoms with Gasteiger partial charge in [0.2, 0.25) is 5.91 Å². The highest BCUT2D eigenvalue weighted by atomic mass is 32.2. The van der Waals surface area contributed by atoms with Crippen LogP contribution in [0.5, 0.6) is 0 Å². The Hall–Kier alpha value is -1.14. The minimum Gasteiger partial charge on any atom is -0.339 e. The third kappa shape index (κ3) is 2.55. The summed E-state index contributed by atoms with van der Waals surface area (Å²) in [5, 5.41) is 1.79. The fourth-order valence-electron chi connectivity index (χ4n) is 2.54. The van der Waals surface area contributed by atoms with E-state index in [4.69, 9.17) is 0 Å². The molecule has 6 heteroatoms. The van der Waals surface area contributed by atoms with E-state index < -0.39 is 28.8 Å². The average molecular weight is 326 g/mol. The maximum absolute atomic E-state index is 12.8. The van der Waals surface area contributed by atoms with Gasteiger partial charge in [-0.1, -0.05) is 52.1 Å². The minimum atomic E-state index is -3.52. The number of amides is 1. The van der Waals surface area contributed by atoms with E-state index in [1.807, 2.05) is 0 Å². The molecule has 21 heavy (non-hydrogen) atoms. The number of hydrogen-bond donors (Lipinski definition) is 1. The standard InChI is InChI=1S/C15H23NO3SSi/c1-15(2,3)21(4,5)12-13(17)16-14(12)20(18,19)11-9-7-6-8-10-11/h6-10,12,14H,1-5H3,(H,16,17)/t12-,14+/m0/s1. The lowest BCUT2D eigenvalue weighted by Gasteiger charge is -2.50. The summed E-state index contributed by atoms with van der Waals surface area (Å²) in [5.41, 5.74) is -0.400. The third-order valence-corrected chi connectivity index (χ3v) is 13.2. The predicted octanol–water partition coefficient (Wildman–Crippen LogP) is 2.79. The molecule has 1 N–H and O–H groups in total. The normalized spacial score (nSPS) is 23.4. The van der Waals surface area contributed by atoms with Gasteiger partial charge in [-0.05, 0) is 17.2 Å². The molecule has 4 nitrogen and oxygen atoms in total. The molecular formula is C15H23NO3SSi. The fourth-order valence-corrected chi connectivity index (χ4v) is 8.19. The Labute approximate surface area is 127 Å². The number of nitrogens with one attached hydrogen (secondary N) is 1. The molecule has 1 heterocycles. The number of rotatable bonds is 3. The third-order valence-electron chi connectivity index (χ3n) is 4.99. The van der Waals surface area contributed by atoms with Crippen LogP contribution < -0.4 is 5.32 Å². The molecule has 1 fully saturated rings. The van der Waals surface area contributed by atoms with Crippen LogP contribution in [0.3, 0.4) is 0 Å². The second kappa shape index (κ2) is 4.95. The number of hydrogen-bond acceptors (Lipinski definition) is 3. The molecular weight excluding hydrogens is 302 g/mol. The molecule has 1 aliphatic heterocycles. The summed E-state index contributed by atoms with van der Waals surface area (Å²) in [6, 6.07) is 8.36. The molecule has 0 unspecified atom stereocenters. The number of carbonyl (C=O) groups is 1. The Morgan fingerprint density at radius 3 is 2.05 bits per heavy atom. The zero-order valence-electron chi connectivity index (χ0n) is 13.2. The quantitative estimate of drug-likeness (QED) is 0.686. The van der Waals surface area contributed by atoms with Crippen LogP contribution in [-0.4, -0.2) is 27.8 Å². The Bertz CT molecular complexity index is 647. The smallest absolute Gasteiger partial charge is 0.224 e. The molecule has 1 amide bonds. The summed E-state index contributed by atoms with van der Waals surface area (Å²) in [4.78, 5) is 12.3. The van der Waals surface area contributed by atoms with Gasteiger partial charge in [-0.2, -0.15) is 0 Å². The Morgan fingerprint density at radius 2 is 1.62 bits per heavy atom. The highest BCUT2D eigenvalue weighted by Gasteiger charge is 2.59. The Balaban J connectivity index is 2.41. The van der Waals surface area contributed by atoms with Gasteiger partial charge in [0.15, 0.2) is 9.84 Å². The van der Waals surface area contributed by atoms with Gasteiger partial charge in [-0.15, -0.1) is 0 Å². The number of benzene rings is 1. The van der Waals surface area contributed by atoms with E-state index in [2.05, 4.69) is 39.2 Å². The van der Waals surface area contributed by atoms with Crippen LogP contribution in [0, 0.1) is 0 Å². The first-order valence-corrected chi connectivity index (χ1v) is 11.7. The van der Waals surface area contributed by atoms with Crippen LogP contribution in [0.2, 0.25) is 23.7 Å². The van der Waals surface area contributed by atoms with E-state index in [9.17, 15) is 13.2 Å². The van der Waals surface area contributed by atoms with Crippen molar-refractivity contribution in [3.05, 3.63) is 30.3 Å². The SMILES string of the molecule is CC(C)(C)[Si](C)(C)[C@H]1C(=O)N[C@@H]1S(=O)(=O)c1ccccc1. The van der Waals surface area contributed by atoms with Gasteiger partial charge < -0.3 is 5.32 Å². The zero-order chi connectivity index (χ0) is 16.1. The van der Waals surface area contributed by atoms with Crippen molar-refractivity contribution in [1.29, 1.82) is 0 Å². The van der Waals surface area contributed by atoms with Crippen LogP contribution >= 0.6 is 0 Å². The van der Waals surface area contributed by atoms with Crippen LogP contribution in [0.15, 0.2) is 35.2 Å². The van der Waals surface area contributed by atoms with E-state index in [1.54, 1.807) is 30.3 Å². The minimum absolute atomic E-state index is 0.0418. The number of sulfone groups is 1. The van der Waals surface area contributed by atoms with E-state index >= 15 is 0 Å². The molecule has 0 radical (unpaired) electrons. The summed E-state index contributed by atoms with van der Waals surface area (Å²) in [6.45, 7) is 10.5. The van der Waals surface area contributed by atoms with Crippen molar-refractivity contribution >= 4 is 23.8 Å². The van der Waals surface area contributed by atoms with Crippen molar-refractivity contribution in [3.63, 3.8) is 0 Å². The summed E-state index contributed by atoms with van der Waals surface area (Å²) in [7, 11) is -5.61. The second-order valence-electron chi connectivity index (χ2n) is 7.24.